The SMILES string of the molecule is COc1cc2c(cc1O)CCN[C@]21CS[C@@H]2c3c(OC(=O)C(F)(F)C(F)(F)C(F)(F)F)c(C)c4c(c3[C@H](COC1=O)N1C2[C@H]2c3c(cc(C)c(OC)c3O)C[C@@H]([C@@H]1C#N)N2C)OCO4. The number of aromatic hydroxyl groups is 2. The molecule has 7 heterocycles. The molecule has 2 fully saturated rings. The summed E-state index contributed by atoms with van der Waals surface area (Å²) in [4.78, 5) is 31.7. The van der Waals surface area contributed by atoms with Crippen molar-refractivity contribution in [2.24, 2.45) is 0 Å². The predicted molar refractivity (Wildman–Crippen MR) is 208 cm³/mol. The van der Waals surface area contributed by atoms with Crippen LogP contribution in [0.2, 0.25) is 0 Å². The van der Waals surface area contributed by atoms with Crippen LogP contribution >= 0.6 is 11.8 Å². The van der Waals surface area contributed by atoms with Gasteiger partial charge in [0, 0.05) is 46.6 Å². The van der Waals surface area contributed by atoms with Gasteiger partial charge in [0.15, 0.2) is 40.0 Å². The summed E-state index contributed by atoms with van der Waals surface area (Å²) in [6, 6.07) is 2.13. The van der Waals surface area contributed by atoms with E-state index in [1.165, 1.54) is 33.3 Å². The van der Waals surface area contributed by atoms with Gasteiger partial charge in [0.2, 0.25) is 6.79 Å². The molecule has 4 bridgehead atoms. The Labute approximate surface area is 364 Å². The largest absolute Gasteiger partial charge is 0.504 e. The fraction of sp³-hybridized carbons (Fsp3) is 0.500. The van der Waals surface area contributed by atoms with Crippen LogP contribution in [0.1, 0.15) is 61.8 Å². The summed E-state index contributed by atoms with van der Waals surface area (Å²) < 4.78 is 134. The maximum absolute atomic E-state index is 15.3. The molecule has 7 aliphatic rings. The van der Waals surface area contributed by atoms with Crippen molar-refractivity contribution in [3.8, 4) is 46.3 Å². The number of phenolic OH excluding ortho intramolecular Hbond substituents is 2. The van der Waals surface area contributed by atoms with E-state index in [1.807, 2.05) is 11.0 Å². The number of piperazine rings is 1. The minimum atomic E-state index is -6.87. The number of nitrogens with one attached hydrogen (secondary N) is 1. The first-order chi connectivity index (χ1) is 30.2. The van der Waals surface area contributed by atoms with Crippen molar-refractivity contribution in [3.05, 3.63) is 62.7 Å². The minimum absolute atomic E-state index is 0.0123. The van der Waals surface area contributed by atoms with Crippen LogP contribution in [0.3, 0.4) is 0 Å². The quantitative estimate of drug-likeness (QED) is 0.159. The van der Waals surface area contributed by atoms with Crippen molar-refractivity contribution in [1.82, 2.24) is 15.1 Å². The molecule has 0 saturated carbocycles. The van der Waals surface area contributed by atoms with Crippen LogP contribution in [-0.2, 0) is 32.7 Å². The second-order valence-electron chi connectivity index (χ2n) is 16.5. The summed E-state index contributed by atoms with van der Waals surface area (Å²) in [5, 5.41) is 35.9. The first kappa shape index (κ1) is 43.9. The Morgan fingerprint density at radius 1 is 0.984 bits per heavy atom. The van der Waals surface area contributed by atoms with Gasteiger partial charge in [-0.15, -0.1) is 11.8 Å². The van der Waals surface area contributed by atoms with Crippen LogP contribution in [0.5, 0.6) is 40.2 Å². The lowest BCUT2D eigenvalue weighted by molar-refractivity contribution is -0.346. The molecule has 342 valence electrons. The zero-order valence-corrected chi connectivity index (χ0v) is 35.3. The Kier molecular flexibility index (Phi) is 10.2. The molecule has 0 amide bonds. The number of methoxy groups -OCH3 is 2. The van der Waals surface area contributed by atoms with Gasteiger partial charge in [-0.3, -0.25) is 15.1 Å². The Morgan fingerprint density at radius 2 is 1.70 bits per heavy atom. The molecule has 3 aromatic carbocycles. The lowest BCUT2D eigenvalue weighted by Crippen LogP contribution is -2.69. The molecule has 1 spiro atoms. The number of nitriles is 1. The van der Waals surface area contributed by atoms with Crippen molar-refractivity contribution in [1.29, 1.82) is 5.26 Å². The van der Waals surface area contributed by atoms with Gasteiger partial charge < -0.3 is 38.6 Å². The second-order valence-corrected chi connectivity index (χ2v) is 17.7. The number of rotatable bonds is 5. The Hall–Kier alpha value is -5.37. The number of carbonyl (C=O) groups is 2. The number of alkyl halides is 7. The number of ether oxygens (including phenoxy) is 6. The molecular formula is C42H39F7N4O10S. The fourth-order valence-corrected chi connectivity index (χ4v) is 12.2. The number of hydrogen-bond donors (Lipinski definition) is 3. The minimum Gasteiger partial charge on any atom is -0.504 e. The zero-order valence-electron chi connectivity index (χ0n) is 34.5. The van der Waals surface area contributed by atoms with Crippen molar-refractivity contribution in [2.75, 3.05) is 47.0 Å². The third-order valence-electron chi connectivity index (χ3n) is 13.4. The van der Waals surface area contributed by atoms with Gasteiger partial charge in [-0.25, -0.2) is 9.59 Å². The highest BCUT2D eigenvalue weighted by Gasteiger charge is 2.77. The fourth-order valence-electron chi connectivity index (χ4n) is 10.5. The Balaban J connectivity index is 1.33. The van der Waals surface area contributed by atoms with Crippen LogP contribution in [0.15, 0.2) is 18.2 Å². The van der Waals surface area contributed by atoms with Gasteiger partial charge in [-0.05, 0) is 68.1 Å². The van der Waals surface area contributed by atoms with Crippen LogP contribution in [-0.4, -0.2) is 115 Å². The number of esters is 2. The van der Waals surface area contributed by atoms with Crippen molar-refractivity contribution in [2.45, 2.75) is 85.7 Å². The molecule has 7 aliphatic heterocycles. The van der Waals surface area contributed by atoms with Crippen LogP contribution in [0.4, 0.5) is 30.7 Å². The molecule has 0 aliphatic carbocycles. The number of fused-ring (bicyclic) bond motifs is 9. The van der Waals surface area contributed by atoms with E-state index in [2.05, 4.69) is 11.4 Å². The molecule has 10 rings (SSSR count). The number of benzene rings is 3. The molecule has 2 saturated heterocycles. The number of carbonyl (C=O) groups excluding carboxylic acids is 2. The van der Waals surface area contributed by atoms with Gasteiger partial charge in [0.25, 0.3) is 0 Å². The monoisotopic (exact) mass is 924 g/mol. The molecule has 7 atom stereocenters. The smallest absolute Gasteiger partial charge is 0.460 e. The Morgan fingerprint density at radius 3 is 2.38 bits per heavy atom. The molecule has 0 radical (unpaired) electrons. The summed E-state index contributed by atoms with van der Waals surface area (Å²) in [6.07, 6.45) is -6.30. The average Bonchev–Trinajstić information content (AvgIpc) is 3.73. The highest BCUT2D eigenvalue weighted by atomic mass is 32.2. The predicted octanol–water partition coefficient (Wildman–Crippen LogP) is 5.80. The summed E-state index contributed by atoms with van der Waals surface area (Å²) in [5.41, 5.74) is 0.275. The topological polar surface area (TPSA) is 172 Å². The van der Waals surface area contributed by atoms with E-state index in [1.54, 1.807) is 18.9 Å². The van der Waals surface area contributed by atoms with E-state index in [9.17, 15) is 47.0 Å². The summed E-state index contributed by atoms with van der Waals surface area (Å²) in [6.45, 7) is 2.02. The van der Waals surface area contributed by atoms with Gasteiger partial charge in [0.05, 0.1) is 37.6 Å². The van der Waals surface area contributed by atoms with Crippen LogP contribution in [0.25, 0.3) is 0 Å². The molecule has 3 N–H and O–H groups in total. The molecule has 14 nitrogen and oxygen atoms in total. The van der Waals surface area contributed by atoms with Crippen LogP contribution < -0.4 is 29.0 Å². The van der Waals surface area contributed by atoms with Crippen molar-refractivity contribution >= 4 is 23.7 Å². The van der Waals surface area contributed by atoms with E-state index in [4.69, 9.17) is 28.4 Å². The number of thioether (sulfide) groups is 1. The third-order valence-corrected chi connectivity index (χ3v) is 14.9. The highest BCUT2D eigenvalue weighted by Crippen LogP contribution is 2.65. The lowest BCUT2D eigenvalue weighted by Gasteiger charge is -2.62. The van der Waals surface area contributed by atoms with E-state index < -0.39 is 90.1 Å². The number of nitrogens with zero attached hydrogens (tertiary/aromatic N) is 3. The molecular weight excluding hydrogens is 886 g/mol. The lowest BCUT2D eigenvalue weighted by atomic mass is 9.71. The average molecular weight is 925 g/mol. The van der Waals surface area contributed by atoms with E-state index in [-0.39, 0.29) is 69.9 Å². The number of aryl methyl sites for hydroxylation is 1. The maximum Gasteiger partial charge on any atom is 0.460 e. The zero-order chi connectivity index (χ0) is 46.2. The third kappa shape index (κ3) is 5.88. The van der Waals surface area contributed by atoms with Crippen molar-refractivity contribution < 1.29 is 79.0 Å². The van der Waals surface area contributed by atoms with Crippen LogP contribution in [0, 0.1) is 25.2 Å². The van der Waals surface area contributed by atoms with Gasteiger partial charge in [0.1, 0.15) is 18.4 Å². The normalized spacial score (nSPS) is 27.4. The standard InChI is InChI=1S/C42H39F7N4O10S/c1-16-8-19-9-21-22(12-50)53-23-13-60-37(56)39(20-11-25(58-4)24(54)10-18(20)6-7-51-39)14-64-36(30(53)29(52(21)3)26(19)31(55)32(16)59-5)28-27(23)35-34(61-15-62-35)17(2)33(28)63-38(57)40(43,44)41(45,46)42(47,48)49/h8,10-11,21-23,29-30,36,51,54-55H,6-7,9,13-15H2,1-5H3/t21-,22-,23-,29+,30?,36+,39+/m0/s1. The van der Waals surface area contributed by atoms with Gasteiger partial charge in [-0.2, -0.15) is 36.0 Å². The highest BCUT2D eigenvalue weighted by molar-refractivity contribution is 7.99. The summed E-state index contributed by atoms with van der Waals surface area (Å²) in [5.74, 6) is -19.0. The van der Waals surface area contributed by atoms with E-state index >= 15 is 8.78 Å². The van der Waals surface area contributed by atoms with Crippen molar-refractivity contribution in [3.63, 3.8) is 0 Å². The number of phenols is 2. The van der Waals surface area contributed by atoms with E-state index in [0.717, 1.165) is 11.8 Å². The molecule has 3 aromatic rings. The molecule has 64 heavy (non-hydrogen) atoms. The van der Waals surface area contributed by atoms with Gasteiger partial charge in [-0.1, -0.05) is 6.07 Å². The summed E-state index contributed by atoms with van der Waals surface area (Å²) >= 11 is 0.981. The summed E-state index contributed by atoms with van der Waals surface area (Å²) in [7, 11) is 4.39. The second kappa shape index (κ2) is 14.8. The number of hydrogen-bond acceptors (Lipinski definition) is 15. The molecule has 1 unspecified atom stereocenters. The molecule has 22 heteroatoms. The Bertz CT molecular complexity index is 2560. The number of halogens is 7. The maximum atomic E-state index is 15.3. The first-order valence-electron chi connectivity index (χ1n) is 19.9. The number of likely N-dealkylation sites (N-methyl/N-ethyl adjacent to an activating group) is 1. The van der Waals surface area contributed by atoms with E-state index in [0.29, 0.717) is 34.2 Å². The first-order valence-corrected chi connectivity index (χ1v) is 20.9. The molecule has 0 aromatic heterocycles. The van der Waals surface area contributed by atoms with Gasteiger partial charge >= 0.3 is 30.0 Å².